The lowest BCUT2D eigenvalue weighted by atomic mass is 9.98. The summed E-state index contributed by atoms with van der Waals surface area (Å²) < 4.78 is 0. The molecule has 0 saturated carbocycles. The Labute approximate surface area is 124 Å². The molecule has 1 aromatic carbocycles. The molecule has 0 spiro atoms. The van der Waals surface area contributed by atoms with Gasteiger partial charge in [0.15, 0.2) is 0 Å². The molecule has 1 unspecified atom stereocenters. The van der Waals surface area contributed by atoms with Crippen LogP contribution in [0.2, 0.25) is 0 Å². The van der Waals surface area contributed by atoms with E-state index in [1.807, 2.05) is 12.1 Å². The zero-order valence-corrected chi connectivity index (χ0v) is 12.3. The lowest BCUT2D eigenvalue weighted by molar-refractivity contribution is -0.132. The first kappa shape index (κ1) is 13.9. The number of fused-ring (bicyclic) bond motifs is 1. The van der Waals surface area contributed by atoms with Crippen molar-refractivity contribution in [2.45, 2.75) is 31.7 Å². The third kappa shape index (κ3) is 2.86. The maximum atomic E-state index is 12.5. The standard InChI is InChI=1S/C16H21N3O2/c1-19-10-12(7-8-14(19)20)18-16(21)13-6-2-4-11-5-3-9-17-15(11)13/h2,4,6,12,17H,3,5,7-10H2,1H3,(H,18,21). The number of benzene rings is 1. The van der Waals surface area contributed by atoms with E-state index in [4.69, 9.17) is 0 Å². The number of anilines is 1. The number of amides is 2. The van der Waals surface area contributed by atoms with Gasteiger partial charge >= 0.3 is 0 Å². The fourth-order valence-electron chi connectivity index (χ4n) is 3.09. The van der Waals surface area contributed by atoms with E-state index in [9.17, 15) is 9.59 Å². The highest BCUT2D eigenvalue weighted by Gasteiger charge is 2.25. The van der Waals surface area contributed by atoms with Crippen LogP contribution >= 0.6 is 0 Å². The second-order valence-corrected chi connectivity index (χ2v) is 5.85. The molecule has 0 bridgehead atoms. The van der Waals surface area contributed by atoms with E-state index in [0.717, 1.165) is 31.5 Å². The minimum Gasteiger partial charge on any atom is -0.384 e. The van der Waals surface area contributed by atoms with E-state index in [1.165, 1.54) is 5.56 Å². The minimum atomic E-state index is -0.0472. The van der Waals surface area contributed by atoms with Gasteiger partial charge in [-0.05, 0) is 30.9 Å². The van der Waals surface area contributed by atoms with E-state index in [1.54, 1.807) is 11.9 Å². The number of carbonyl (C=O) groups excluding carboxylic acids is 2. The molecule has 112 valence electrons. The number of aryl methyl sites for hydroxylation is 1. The Morgan fingerprint density at radius 1 is 1.38 bits per heavy atom. The van der Waals surface area contributed by atoms with Crippen LogP contribution in [0.25, 0.3) is 0 Å². The van der Waals surface area contributed by atoms with Gasteiger partial charge in [-0.3, -0.25) is 9.59 Å². The summed E-state index contributed by atoms with van der Waals surface area (Å²) in [6.45, 7) is 1.50. The van der Waals surface area contributed by atoms with Crippen LogP contribution in [-0.4, -0.2) is 42.9 Å². The summed E-state index contributed by atoms with van der Waals surface area (Å²) in [5.41, 5.74) is 2.90. The first-order valence-electron chi connectivity index (χ1n) is 7.56. The number of likely N-dealkylation sites (N-methyl/N-ethyl adjacent to an activating group) is 1. The summed E-state index contributed by atoms with van der Waals surface area (Å²) in [6, 6.07) is 5.92. The second kappa shape index (κ2) is 5.76. The fourth-order valence-corrected chi connectivity index (χ4v) is 3.09. The van der Waals surface area contributed by atoms with Crippen LogP contribution in [-0.2, 0) is 11.2 Å². The second-order valence-electron chi connectivity index (χ2n) is 5.85. The third-order valence-electron chi connectivity index (χ3n) is 4.28. The molecule has 2 N–H and O–H groups in total. The molecule has 1 saturated heterocycles. The van der Waals surface area contributed by atoms with Crippen LogP contribution in [0, 0.1) is 0 Å². The highest BCUT2D eigenvalue weighted by Crippen LogP contribution is 2.26. The Balaban J connectivity index is 1.73. The van der Waals surface area contributed by atoms with Gasteiger partial charge in [0.1, 0.15) is 0 Å². The Morgan fingerprint density at radius 2 is 2.24 bits per heavy atom. The zero-order valence-electron chi connectivity index (χ0n) is 12.3. The largest absolute Gasteiger partial charge is 0.384 e. The van der Waals surface area contributed by atoms with E-state index in [2.05, 4.69) is 16.7 Å². The number of carbonyl (C=O) groups is 2. The maximum absolute atomic E-state index is 12.5. The molecule has 2 amide bonds. The highest BCUT2D eigenvalue weighted by molar-refractivity contribution is 6.00. The lowest BCUT2D eigenvalue weighted by Crippen LogP contribution is -2.48. The van der Waals surface area contributed by atoms with Gasteiger partial charge in [-0.15, -0.1) is 0 Å². The molecule has 2 heterocycles. The van der Waals surface area contributed by atoms with Gasteiger partial charge in [0.05, 0.1) is 11.3 Å². The lowest BCUT2D eigenvalue weighted by Gasteiger charge is -2.30. The molecule has 5 heteroatoms. The van der Waals surface area contributed by atoms with Gasteiger partial charge in [-0.1, -0.05) is 12.1 Å². The molecule has 1 atom stereocenters. The van der Waals surface area contributed by atoms with Crippen molar-refractivity contribution in [3.63, 3.8) is 0 Å². The van der Waals surface area contributed by atoms with E-state index < -0.39 is 0 Å². The van der Waals surface area contributed by atoms with Gasteiger partial charge in [-0.25, -0.2) is 0 Å². The van der Waals surface area contributed by atoms with Gasteiger partial charge in [0.2, 0.25) is 5.91 Å². The normalized spacial score (nSPS) is 21.5. The van der Waals surface area contributed by atoms with Crippen LogP contribution in [0.3, 0.4) is 0 Å². The number of likely N-dealkylation sites (tertiary alicyclic amines) is 1. The van der Waals surface area contributed by atoms with Gasteiger partial charge in [-0.2, -0.15) is 0 Å². The predicted molar refractivity (Wildman–Crippen MR) is 81.4 cm³/mol. The molecule has 2 aliphatic heterocycles. The van der Waals surface area contributed by atoms with Crippen molar-refractivity contribution in [3.05, 3.63) is 29.3 Å². The van der Waals surface area contributed by atoms with Gasteiger partial charge in [0.25, 0.3) is 5.91 Å². The molecule has 0 aliphatic carbocycles. The van der Waals surface area contributed by atoms with E-state index in [0.29, 0.717) is 18.5 Å². The van der Waals surface area contributed by atoms with Crippen LogP contribution in [0.5, 0.6) is 0 Å². The van der Waals surface area contributed by atoms with E-state index >= 15 is 0 Å². The quantitative estimate of drug-likeness (QED) is 0.864. The molecule has 5 nitrogen and oxygen atoms in total. The summed E-state index contributed by atoms with van der Waals surface area (Å²) in [7, 11) is 1.78. The van der Waals surface area contributed by atoms with Crippen molar-refractivity contribution < 1.29 is 9.59 Å². The molecule has 21 heavy (non-hydrogen) atoms. The molecule has 1 fully saturated rings. The average molecular weight is 287 g/mol. The van der Waals surface area contributed by atoms with Crippen molar-refractivity contribution in [1.82, 2.24) is 10.2 Å². The van der Waals surface area contributed by atoms with Crippen molar-refractivity contribution in [1.29, 1.82) is 0 Å². The van der Waals surface area contributed by atoms with Crippen LogP contribution in [0.1, 0.15) is 35.2 Å². The Kier molecular flexibility index (Phi) is 3.82. The number of nitrogens with zero attached hydrogens (tertiary/aromatic N) is 1. The summed E-state index contributed by atoms with van der Waals surface area (Å²) in [4.78, 5) is 25.7. The van der Waals surface area contributed by atoms with Crippen molar-refractivity contribution in [2.75, 3.05) is 25.5 Å². The van der Waals surface area contributed by atoms with E-state index in [-0.39, 0.29) is 17.9 Å². The first-order chi connectivity index (χ1) is 10.1. The molecular formula is C16H21N3O2. The monoisotopic (exact) mass is 287 g/mol. The molecule has 3 rings (SSSR count). The van der Waals surface area contributed by atoms with Crippen LogP contribution in [0.4, 0.5) is 5.69 Å². The Bertz CT molecular complexity index is 571. The number of rotatable bonds is 2. The Hall–Kier alpha value is -2.04. The molecule has 2 aliphatic rings. The zero-order chi connectivity index (χ0) is 14.8. The summed E-state index contributed by atoms with van der Waals surface area (Å²) in [6.07, 6.45) is 3.35. The molecule has 1 aromatic rings. The van der Waals surface area contributed by atoms with Crippen LogP contribution < -0.4 is 10.6 Å². The smallest absolute Gasteiger partial charge is 0.253 e. The highest BCUT2D eigenvalue weighted by atomic mass is 16.2. The first-order valence-corrected chi connectivity index (χ1v) is 7.56. The van der Waals surface area contributed by atoms with Crippen LogP contribution in [0.15, 0.2) is 18.2 Å². The summed E-state index contributed by atoms with van der Waals surface area (Å²) in [5.74, 6) is 0.105. The average Bonchev–Trinajstić information content (AvgIpc) is 2.50. The van der Waals surface area contributed by atoms with Crippen molar-refractivity contribution in [3.8, 4) is 0 Å². The maximum Gasteiger partial charge on any atom is 0.253 e. The number of piperidine rings is 1. The predicted octanol–water partition coefficient (Wildman–Crippen LogP) is 1.40. The fraction of sp³-hybridized carbons (Fsp3) is 0.500. The number of hydrogen-bond donors (Lipinski definition) is 2. The number of hydrogen-bond acceptors (Lipinski definition) is 3. The summed E-state index contributed by atoms with van der Waals surface area (Å²) >= 11 is 0. The third-order valence-corrected chi connectivity index (χ3v) is 4.28. The topological polar surface area (TPSA) is 61.4 Å². The number of para-hydroxylation sites is 1. The van der Waals surface area contributed by atoms with Gasteiger partial charge in [0, 0.05) is 32.6 Å². The SMILES string of the molecule is CN1CC(NC(=O)c2cccc3c2NCCC3)CCC1=O. The molecule has 0 radical (unpaired) electrons. The van der Waals surface area contributed by atoms with Gasteiger partial charge < -0.3 is 15.5 Å². The number of nitrogens with one attached hydrogen (secondary N) is 2. The van der Waals surface area contributed by atoms with Crippen molar-refractivity contribution in [2.24, 2.45) is 0 Å². The molecule has 0 aromatic heterocycles. The van der Waals surface area contributed by atoms with Crippen molar-refractivity contribution >= 4 is 17.5 Å². The minimum absolute atomic E-state index is 0.0413. The summed E-state index contributed by atoms with van der Waals surface area (Å²) in [5, 5.41) is 6.40. The Morgan fingerprint density at radius 3 is 3.05 bits per heavy atom. The molecular weight excluding hydrogens is 266 g/mol.